The lowest BCUT2D eigenvalue weighted by atomic mass is 10.1. The first-order valence-electron chi connectivity index (χ1n) is 7.46. The van der Waals surface area contributed by atoms with Crippen LogP contribution in [-0.4, -0.2) is 58.6 Å². The quantitative estimate of drug-likeness (QED) is 0.804. The first kappa shape index (κ1) is 17.8. The molecule has 2 atom stereocenters. The highest BCUT2D eigenvalue weighted by molar-refractivity contribution is 7.99. The molecule has 23 heavy (non-hydrogen) atoms. The molecule has 0 bridgehead atoms. The molecular weight excluding hydrogens is 320 g/mol. The minimum absolute atomic E-state index is 0.0415. The van der Waals surface area contributed by atoms with Gasteiger partial charge in [0.25, 0.3) is 0 Å². The highest BCUT2D eigenvalue weighted by Gasteiger charge is 2.36. The van der Waals surface area contributed by atoms with Gasteiger partial charge in [-0.15, -0.1) is 11.8 Å². The van der Waals surface area contributed by atoms with Crippen LogP contribution in [0.2, 0.25) is 0 Å². The van der Waals surface area contributed by atoms with Crippen LogP contribution in [0.1, 0.15) is 29.9 Å². The Labute approximate surface area is 139 Å². The first-order valence-corrected chi connectivity index (χ1v) is 8.61. The van der Waals surface area contributed by atoms with Gasteiger partial charge in [0.2, 0.25) is 5.91 Å². The number of nitrogens with zero attached hydrogens (tertiary/aromatic N) is 2. The lowest BCUT2D eigenvalue weighted by molar-refractivity contribution is -0.139. The van der Waals surface area contributed by atoms with E-state index in [1.54, 1.807) is 12.0 Å². The van der Waals surface area contributed by atoms with Crippen LogP contribution in [-0.2, 0) is 20.1 Å². The fraction of sp³-hybridized carbons (Fsp3) is 0.667. The average molecular weight is 342 g/mol. The molecule has 2 unspecified atom stereocenters. The molecule has 0 aromatic carbocycles. The van der Waals surface area contributed by atoms with Gasteiger partial charge in [0.15, 0.2) is 0 Å². The van der Waals surface area contributed by atoms with Gasteiger partial charge in [-0.05, 0) is 20.3 Å². The third kappa shape index (κ3) is 4.48. The van der Waals surface area contributed by atoms with Crippen molar-refractivity contribution in [2.24, 2.45) is 0 Å². The average Bonchev–Trinajstić information content (AvgIpc) is 3.04. The number of aromatic nitrogens is 1. The van der Waals surface area contributed by atoms with E-state index in [1.165, 1.54) is 11.8 Å². The number of carboxylic acid groups (broad SMARTS) is 1. The van der Waals surface area contributed by atoms with Crippen molar-refractivity contribution >= 4 is 23.6 Å². The van der Waals surface area contributed by atoms with Gasteiger partial charge >= 0.3 is 5.97 Å². The molecule has 0 radical (unpaired) electrons. The van der Waals surface area contributed by atoms with E-state index in [0.29, 0.717) is 24.5 Å². The molecule has 2 heterocycles. The summed E-state index contributed by atoms with van der Waals surface area (Å²) in [6.45, 7) is 4.18. The maximum absolute atomic E-state index is 12.4. The lowest BCUT2D eigenvalue weighted by Crippen LogP contribution is -2.38. The van der Waals surface area contributed by atoms with Gasteiger partial charge in [-0.2, -0.15) is 0 Å². The molecule has 2 rings (SSSR count). The van der Waals surface area contributed by atoms with Gasteiger partial charge in [0, 0.05) is 31.0 Å². The Balaban J connectivity index is 1.89. The third-order valence-corrected chi connectivity index (χ3v) is 5.04. The molecule has 8 heteroatoms. The molecule has 1 N–H and O–H groups in total. The predicted molar refractivity (Wildman–Crippen MR) is 85.3 cm³/mol. The standard InChI is InChI=1S/C15H22N2O5S/c1-9-13(10(2)22-16-9)7-23-8-14(18)17-6-12(21-3)4-11(17)5-15(19)20/h11-12H,4-8H2,1-3H3,(H,19,20). The number of carboxylic acids is 1. The molecule has 1 fully saturated rings. The van der Waals surface area contributed by atoms with Crippen molar-refractivity contribution in [3.05, 3.63) is 17.0 Å². The number of ether oxygens (including phenoxy) is 1. The number of aryl methyl sites for hydroxylation is 2. The number of thioether (sulfide) groups is 1. The van der Waals surface area contributed by atoms with Crippen LogP contribution in [0.4, 0.5) is 0 Å². The highest BCUT2D eigenvalue weighted by Crippen LogP contribution is 2.25. The van der Waals surface area contributed by atoms with Crippen LogP contribution in [0.3, 0.4) is 0 Å². The molecule has 1 aromatic rings. The van der Waals surface area contributed by atoms with Gasteiger partial charge < -0.3 is 19.3 Å². The zero-order valence-corrected chi connectivity index (χ0v) is 14.4. The highest BCUT2D eigenvalue weighted by atomic mass is 32.2. The SMILES string of the molecule is COC1CC(CC(=O)O)N(C(=O)CSCc2c(C)noc2C)C1. The van der Waals surface area contributed by atoms with Gasteiger partial charge in [0.1, 0.15) is 5.76 Å². The van der Waals surface area contributed by atoms with E-state index < -0.39 is 5.97 Å². The van der Waals surface area contributed by atoms with Crippen LogP contribution in [0.15, 0.2) is 4.52 Å². The minimum Gasteiger partial charge on any atom is -0.481 e. The molecule has 1 aromatic heterocycles. The number of carbonyl (C=O) groups is 2. The summed E-state index contributed by atoms with van der Waals surface area (Å²) in [5.74, 6) is 0.779. The monoisotopic (exact) mass is 342 g/mol. The number of likely N-dealkylation sites (tertiary alicyclic amines) is 1. The molecule has 1 aliphatic rings. The summed E-state index contributed by atoms with van der Waals surface area (Å²) < 4.78 is 10.4. The third-order valence-electron chi connectivity index (χ3n) is 4.09. The second kappa shape index (κ2) is 7.83. The molecule has 0 saturated carbocycles. The van der Waals surface area contributed by atoms with Crippen molar-refractivity contribution in [2.75, 3.05) is 19.4 Å². The Kier molecular flexibility index (Phi) is 6.06. The maximum atomic E-state index is 12.4. The van der Waals surface area contributed by atoms with E-state index >= 15 is 0 Å². The van der Waals surface area contributed by atoms with Gasteiger partial charge in [-0.3, -0.25) is 9.59 Å². The molecular formula is C15H22N2O5S. The Morgan fingerprint density at radius 2 is 2.22 bits per heavy atom. The fourth-order valence-corrected chi connectivity index (χ4v) is 3.84. The van der Waals surface area contributed by atoms with Crippen molar-refractivity contribution < 1.29 is 24.0 Å². The van der Waals surface area contributed by atoms with Crippen molar-refractivity contribution in [1.29, 1.82) is 0 Å². The predicted octanol–water partition coefficient (Wildman–Crippen LogP) is 1.62. The molecule has 1 saturated heterocycles. The molecule has 7 nitrogen and oxygen atoms in total. The fourth-order valence-electron chi connectivity index (χ4n) is 2.78. The van der Waals surface area contributed by atoms with Crippen molar-refractivity contribution in [3.8, 4) is 0 Å². The molecule has 0 spiro atoms. The van der Waals surface area contributed by atoms with Crippen LogP contribution in [0.5, 0.6) is 0 Å². The lowest BCUT2D eigenvalue weighted by Gasteiger charge is -2.23. The number of aliphatic carboxylic acids is 1. The summed E-state index contributed by atoms with van der Waals surface area (Å²) in [6.07, 6.45) is 0.444. The van der Waals surface area contributed by atoms with E-state index in [0.717, 1.165) is 17.0 Å². The number of hydrogen-bond donors (Lipinski definition) is 1. The van der Waals surface area contributed by atoms with E-state index in [9.17, 15) is 9.59 Å². The van der Waals surface area contributed by atoms with Crippen molar-refractivity contribution in [2.45, 2.75) is 44.6 Å². The molecule has 1 aliphatic heterocycles. The van der Waals surface area contributed by atoms with E-state index in [-0.39, 0.29) is 24.5 Å². The Morgan fingerprint density at radius 3 is 2.78 bits per heavy atom. The van der Waals surface area contributed by atoms with Gasteiger partial charge in [-0.1, -0.05) is 5.16 Å². The van der Waals surface area contributed by atoms with Crippen molar-refractivity contribution in [1.82, 2.24) is 10.1 Å². The first-order chi connectivity index (χ1) is 10.9. The summed E-state index contributed by atoms with van der Waals surface area (Å²) in [5, 5.41) is 12.9. The number of hydrogen-bond acceptors (Lipinski definition) is 6. The van der Waals surface area contributed by atoms with Crippen LogP contribution >= 0.6 is 11.8 Å². The van der Waals surface area contributed by atoms with E-state index in [4.69, 9.17) is 14.4 Å². The molecule has 0 aliphatic carbocycles. The van der Waals surface area contributed by atoms with Crippen LogP contribution in [0, 0.1) is 13.8 Å². The summed E-state index contributed by atoms with van der Waals surface area (Å²) in [4.78, 5) is 25.0. The summed E-state index contributed by atoms with van der Waals surface area (Å²) in [5.41, 5.74) is 1.85. The van der Waals surface area contributed by atoms with Crippen molar-refractivity contribution in [3.63, 3.8) is 0 Å². The van der Waals surface area contributed by atoms with Crippen LogP contribution in [0.25, 0.3) is 0 Å². The van der Waals surface area contributed by atoms with E-state index in [1.807, 2.05) is 13.8 Å². The topological polar surface area (TPSA) is 92.9 Å². The number of methoxy groups -OCH3 is 1. The summed E-state index contributed by atoms with van der Waals surface area (Å²) in [6, 6.07) is -0.287. The zero-order valence-electron chi connectivity index (χ0n) is 13.6. The Hall–Kier alpha value is -1.54. The maximum Gasteiger partial charge on any atom is 0.305 e. The largest absolute Gasteiger partial charge is 0.481 e. The van der Waals surface area contributed by atoms with Gasteiger partial charge in [0.05, 0.1) is 24.0 Å². The van der Waals surface area contributed by atoms with E-state index in [2.05, 4.69) is 5.16 Å². The van der Waals surface area contributed by atoms with Gasteiger partial charge in [-0.25, -0.2) is 0 Å². The summed E-state index contributed by atoms with van der Waals surface area (Å²) >= 11 is 1.48. The Morgan fingerprint density at radius 1 is 1.48 bits per heavy atom. The Bertz CT molecular complexity index is 555. The second-order valence-electron chi connectivity index (χ2n) is 5.69. The zero-order chi connectivity index (χ0) is 17.0. The second-order valence-corrected chi connectivity index (χ2v) is 6.67. The smallest absolute Gasteiger partial charge is 0.305 e. The number of carbonyl (C=O) groups excluding carboxylic acids is 1. The molecule has 1 amide bonds. The number of amides is 1. The minimum atomic E-state index is -0.895. The molecule has 128 valence electrons. The summed E-state index contributed by atoms with van der Waals surface area (Å²) in [7, 11) is 1.59. The van der Waals surface area contributed by atoms with Crippen LogP contribution < -0.4 is 0 Å². The normalized spacial score (nSPS) is 20.9. The number of rotatable bonds is 7.